The molecule has 0 radical (unpaired) electrons. The SMILES string of the molecule is CCCN(C1CCNCC1)S(=O)(=O)c1ccc(S(C)(=O)=O)nc1.Cl. The van der Waals surface area contributed by atoms with E-state index in [-0.39, 0.29) is 28.4 Å². The molecule has 1 aliphatic heterocycles. The highest BCUT2D eigenvalue weighted by molar-refractivity contribution is 7.90. The highest BCUT2D eigenvalue weighted by atomic mass is 35.5. The van der Waals surface area contributed by atoms with Gasteiger partial charge < -0.3 is 5.32 Å². The number of hydrogen-bond acceptors (Lipinski definition) is 6. The van der Waals surface area contributed by atoms with Crippen LogP contribution in [0.2, 0.25) is 0 Å². The second-order valence-corrected chi connectivity index (χ2v) is 9.55. The van der Waals surface area contributed by atoms with Crippen molar-refractivity contribution in [2.75, 3.05) is 25.9 Å². The molecule has 0 aliphatic carbocycles. The van der Waals surface area contributed by atoms with Crippen LogP contribution in [0, 0.1) is 0 Å². The second kappa shape index (κ2) is 8.57. The Labute approximate surface area is 150 Å². The minimum Gasteiger partial charge on any atom is -0.317 e. The largest absolute Gasteiger partial charge is 0.317 e. The van der Waals surface area contributed by atoms with Gasteiger partial charge in [0.25, 0.3) is 0 Å². The first-order valence-corrected chi connectivity index (χ1v) is 11.0. The summed E-state index contributed by atoms with van der Waals surface area (Å²) in [6.45, 7) is 3.98. The molecule has 0 amide bonds. The average molecular weight is 398 g/mol. The van der Waals surface area contributed by atoms with Crippen LogP contribution in [0.15, 0.2) is 28.3 Å². The van der Waals surface area contributed by atoms with Crippen molar-refractivity contribution in [3.8, 4) is 0 Å². The smallest absolute Gasteiger partial charge is 0.244 e. The van der Waals surface area contributed by atoms with Crippen LogP contribution in [0.3, 0.4) is 0 Å². The van der Waals surface area contributed by atoms with Crippen LogP contribution < -0.4 is 5.32 Å². The molecule has 1 fully saturated rings. The molecule has 7 nitrogen and oxygen atoms in total. The fourth-order valence-corrected chi connectivity index (χ4v) is 4.97. The normalized spacial score (nSPS) is 16.8. The van der Waals surface area contributed by atoms with Gasteiger partial charge in [-0.05, 0) is 44.5 Å². The van der Waals surface area contributed by atoms with Crippen molar-refractivity contribution < 1.29 is 16.8 Å². The maximum absolute atomic E-state index is 12.9. The van der Waals surface area contributed by atoms with Crippen molar-refractivity contribution in [3.05, 3.63) is 18.3 Å². The van der Waals surface area contributed by atoms with Gasteiger partial charge in [0.05, 0.1) is 0 Å². The lowest BCUT2D eigenvalue weighted by Crippen LogP contribution is -2.46. The Morgan fingerprint density at radius 2 is 1.83 bits per heavy atom. The molecule has 0 aromatic carbocycles. The van der Waals surface area contributed by atoms with E-state index >= 15 is 0 Å². The van der Waals surface area contributed by atoms with Crippen LogP contribution >= 0.6 is 12.4 Å². The second-order valence-electron chi connectivity index (χ2n) is 5.70. The number of halogens is 1. The van der Waals surface area contributed by atoms with Gasteiger partial charge in [-0.1, -0.05) is 6.92 Å². The van der Waals surface area contributed by atoms with Crippen molar-refractivity contribution in [3.63, 3.8) is 0 Å². The Balaban J connectivity index is 0.00000288. The predicted octanol–water partition coefficient (Wildman–Crippen LogP) is 1.06. The van der Waals surface area contributed by atoms with Gasteiger partial charge in [0, 0.05) is 25.0 Å². The van der Waals surface area contributed by atoms with Crippen molar-refractivity contribution in [1.29, 1.82) is 0 Å². The fraction of sp³-hybridized carbons (Fsp3) is 0.643. The van der Waals surface area contributed by atoms with Gasteiger partial charge in [0.1, 0.15) is 4.90 Å². The molecule has 0 unspecified atom stereocenters. The Morgan fingerprint density at radius 3 is 2.29 bits per heavy atom. The van der Waals surface area contributed by atoms with Crippen LogP contribution in [0.5, 0.6) is 0 Å². The molecule has 2 heterocycles. The first kappa shape index (κ1) is 21.3. The number of aromatic nitrogens is 1. The Hall–Kier alpha value is -0.740. The summed E-state index contributed by atoms with van der Waals surface area (Å²) in [6.07, 6.45) is 4.44. The molecule has 0 atom stereocenters. The standard InChI is InChI=1S/C14H23N3O4S2.ClH/c1-3-10-17(12-6-8-15-9-7-12)23(20,21)13-4-5-14(16-11-13)22(2,18)19;/h4-5,11-12,15H,3,6-10H2,1-2H3;1H. The van der Waals surface area contributed by atoms with Crippen LogP contribution in [-0.2, 0) is 19.9 Å². The quantitative estimate of drug-likeness (QED) is 0.770. The van der Waals surface area contributed by atoms with Crippen molar-refractivity contribution in [2.45, 2.75) is 42.1 Å². The van der Waals surface area contributed by atoms with E-state index in [2.05, 4.69) is 10.3 Å². The topological polar surface area (TPSA) is 96.4 Å². The van der Waals surface area contributed by atoms with E-state index < -0.39 is 19.9 Å². The van der Waals surface area contributed by atoms with E-state index in [0.29, 0.717) is 6.54 Å². The van der Waals surface area contributed by atoms with E-state index in [1.807, 2.05) is 6.92 Å². The van der Waals surface area contributed by atoms with E-state index in [1.54, 1.807) is 0 Å². The molecule has 1 saturated heterocycles. The molecule has 0 spiro atoms. The molecule has 10 heteroatoms. The summed E-state index contributed by atoms with van der Waals surface area (Å²) in [5, 5.41) is 3.10. The monoisotopic (exact) mass is 397 g/mol. The molecule has 2 rings (SSSR count). The van der Waals surface area contributed by atoms with Crippen molar-refractivity contribution >= 4 is 32.3 Å². The molecule has 138 valence electrons. The summed E-state index contributed by atoms with van der Waals surface area (Å²) in [6, 6.07) is 2.54. The molecular weight excluding hydrogens is 374 g/mol. The number of sulfonamides is 1. The summed E-state index contributed by atoms with van der Waals surface area (Å²) in [5.41, 5.74) is 0. The van der Waals surface area contributed by atoms with E-state index in [0.717, 1.165) is 44.8 Å². The lowest BCUT2D eigenvalue weighted by molar-refractivity contribution is 0.262. The number of hydrogen-bond donors (Lipinski definition) is 1. The van der Waals surface area contributed by atoms with Gasteiger partial charge in [-0.25, -0.2) is 21.8 Å². The average Bonchev–Trinajstić information content (AvgIpc) is 2.52. The minimum atomic E-state index is -3.68. The number of rotatable bonds is 6. The summed E-state index contributed by atoms with van der Waals surface area (Å²) >= 11 is 0. The lowest BCUT2D eigenvalue weighted by Gasteiger charge is -2.33. The first-order valence-electron chi connectivity index (χ1n) is 7.65. The molecular formula is C14H24ClN3O4S2. The number of pyridine rings is 1. The fourth-order valence-electron chi connectivity index (χ4n) is 2.69. The minimum absolute atomic E-state index is 0. The van der Waals surface area contributed by atoms with Gasteiger partial charge in [-0.2, -0.15) is 4.31 Å². The number of sulfone groups is 1. The number of nitrogens with one attached hydrogen (secondary N) is 1. The zero-order valence-electron chi connectivity index (χ0n) is 13.8. The van der Waals surface area contributed by atoms with Crippen LogP contribution in [0.1, 0.15) is 26.2 Å². The third-order valence-electron chi connectivity index (χ3n) is 3.86. The lowest BCUT2D eigenvalue weighted by atomic mass is 10.1. The predicted molar refractivity (Wildman–Crippen MR) is 94.7 cm³/mol. The molecule has 0 bridgehead atoms. The van der Waals surface area contributed by atoms with Crippen molar-refractivity contribution in [1.82, 2.24) is 14.6 Å². The third kappa shape index (κ3) is 4.89. The summed E-state index contributed by atoms with van der Waals surface area (Å²) in [4.78, 5) is 3.84. The van der Waals surface area contributed by atoms with Gasteiger partial charge in [0.15, 0.2) is 14.9 Å². The molecule has 1 aromatic heterocycles. The molecule has 1 N–H and O–H groups in total. The summed E-state index contributed by atoms with van der Waals surface area (Å²) in [5.74, 6) is 0. The highest BCUT2D eigenvalue weighted by Gasteiger charge is 2.32. The maximum Gasteiger partial charge on any atom is 0.244 e. The Kier molecular flexibility index (Phi) is 7.61. The molecule has 1 aliphatic rings. The Morgan fingerprint density at radius 1 is 1.21 bits per heavy atom. The van der Waals surface area contributed by atoms with E-state index in [4.69, 9.17) is 0 Å². The zero-order valence-corrected chi connectivity index (χ0v) is 16.3. The van der Waals surface area contributed by atoms with Crippen LogP contribution in [0.25, 0.3) is 0 Å². The van der Waals surface area contributed by atoms with Crippen LogP contribution in [-0.4, -0.2) is 58.1 Å². The first-order chi connectivity index (χ1) is 10.8. The van der Waals surface area contributed by atoms with Gasteiger partial charge in [-0.3, -0.25) is 0 Å². The third-order valence-corrected chi connectivity index (χ3v) is 6.79. The zero-order chi connectivity index (χ0) is 17.1. The summed E-state index contributed by atoms with van der Waals surface area (Å²) < 4.78 is 50.2. The molecule has 1 aromatic rings. The highest BCUT2D eigenvalue weighted by Crippen LogP contribution is 2.23. The van der Waals surface area contributed by atoms with Crippen molar-refractivity contribution in [2.24, 2.45) is 0 Å². The van der Waals surface area contributed by atoms with Gasteiger partial charge >= 0.3 is 0 Å². The van der Waals surface area contributed by atoms with Gasteiger partial charge in [0.2, 0.25) is 10.0 Å². The van der Waals surface area contributed by atoms with Gasteiger partial charge in [-0.15, -0.1) is 12.4 Å². The number of nitrogens with zero attached hydrogens (tertiary/aromatic N) is 2. The number of piperidine rings is 1. The van der Waals surface area contributed by atoms with E-state index in [9.17, 15) is 16.8 Å². The summed E-state index contributed by atoms with van der Waals surface area (Å²) in [7, 11) is -7.12. The van der Waals surface area contributed by atoms with Crippen LogP contribution in [0.4, 0.5) is 0 Å². The molecule has 24 heavy (non-hydrogen) atoms. The van der Waals surface area contributed by atoms with E-state index in [1.165, 1.54) is 16.4 Å². The molecule has 0 saturated carbocycles. The Bertz CT molecular complexity index is 730. The maximum atomic E-state index is 12.9.